The highest BCUT2D eigenvalue weighted by Gasteiger charge is 2.02. The summed E-state index contributed by atoms with van der Waals surface area (Å²) in [6.45, 7) is 5.30. The molecule has 11 heavy (non-hydrogen) atoms. The Morgan fingerprint density at radius 1 is 1.00 bits per heavy atom. The van der Waals surface area contributed by atoms with E-state index >= 15 is 0 Å². The summed E-state index contributed by atoms with van der Waals surface area (Å²) in [5, 5.41) is 17.3. The monoisotopic (exact) mass is 162 g/mol. The maximum Gasteiger partial charge on any atom is 0.0513 e. The molecule has 2 N–H and O–H groups in total. The maximum absolute atomic E-state index is 8.63. The minimum absolute atomic E-state index is 0.160. The molecule has 0 aromatic rings. The van der Waals surface area contributed by atoms with E-state index in [1.54, 1.807) is 0 Å². The van der Waals surface area contributed by atoms with Crippen LogP contribution < -0.4 is 0 Å². The van der Waals surface area contributed by atoms with Crippen LogP contribution in [-0.4, -0.2) is 36.6 Å². The Bertz CT molecular complexity index is 75.4. The van der Waals surface area contributed by atoms with Crippen molar-refractivity contribution < 1.29 is 14.9 Å². The van der Waals surface area contributed by atoms with E-state index in [0.717, 1.165) is 0 Å². The lowest BCUT2D eigenvalue weighted by Crippen LogP contribution is -2.15. The molecule has 0 saturated heterocycles. The van der Waals surface area contributed by atoms with Crippen molar-refractivity contribution in [3.63, 3.8) is 0 Å². The fourth-order valence-electron chi connectivity index (χ4n) is 0.576. The molecule has 0 saturated carbocycles. The van der Waals surface area contributed by atoms with E-state index in [1.807, 2.05) is 13.8 Å². The average Bonchev–Trinajstić information content (AvgIpc) is 2.04. The van der Waals surface area contributed by atoms with Gasteiger partial charge in [-0.15, -0.1) is 0 Å². The Balaban J connectivity index is 3.13. The molecule has 0 aromatic heterocycles. The molecule has 0 bridgehead atoms. The van der Waals surface area contributed by atoms with Crippen molar-refractivity contribution in [2.45, 2.75) is 13.8 Å². The van der Waals surface area contributed by atoms with Crippen LogP contribution in [0.2, 0.25) is 0 Å². The molecule has 2 unspecified atom stereocenters. The van der Waals surface area contributed by atoms with Crippen LogP contribution in [0.1, 0.15) is 13.8 Å². The molecular formula is C8H18O3. The second-order valence-electron chi connectivity index (χ2n) is 3.11. The van der Waals surface area contributed by atoms with Crippen LogP contribution in [0.15, 0.2) is 0 Å². The van der Waals surface area contributed by atoms with Crippen LogP contribution in [0.25, 0.3) is 0 Å². The van der Waals surface area contributed by atoms with Gasteiger partial charge in [0.15, 0.2) is 0 Å². The van der Waals surface area contributed by atoms with Crippen molar-refractivity contribution in [2.24, 2.45) is 11.8 Å². The van der Waals surface area contributed by atoms with E-state index in [0.29, 0.717) is 13.2 Å². The van der Waals surface area contributed by atoms with Gasteiger partial charge in [-0.1, -0.05) is 13.8 Å². The lowest BCUT2D eigenvalue weighted by atomic mass is 10.2. The minimum Gasteiger partial charge on any atom is -0.396 e. The predicted molar refractivity (Wildman–Crippen MR) is 43.3 cm³/mol. The summed E-state index contributed by atoms with van der Waals surface area (Å²) >= 11 is 0. The zero-order valence-corrected chi connectivity index (χ0v) is 7.29. The number of hydrogen-bond donors (Lipinski definition) is 2. The zero-order chi connectivity index (χ0) is 8.69. The molecule has 0 spiro atoms. The molecule has 0 amide bonds. The molecule has 2 atom stereocenters. The Labute approximate surface area is 68.0 Å². The van der Waals surface area contributed by atoms with Gasteiger partial charge >= 0.3 is 0 Å². The highest BCUT2D eigenvalue weighted by molar-refractivity contribution is 4.50. The van der Waals surface area contributed by atoms with E-state index in [-0.39, 0.29) is 25.0 Å². The first-order valence-corrected chi connectivity index (χ1v) is 4.00. The van der Waals surface area contributed by atoms with Crippen molar-refractivity contribution in [3.8, 4) is 0 Å². The van der Waals surface area contributed by atoms with E-state index < -0.39 is 0 Å². The summed E-state index contributed by atoms with van der Waals surface area (Å²) in [5.41, 5.74) is 0. The largest absolute Gasteiger partial charge is 0.396 e. The Kier molecular flexibility index (Phi) is 6.51. The molecule has 0 radical (unpaired) electrons. The summed E-state index contributed by atoms with van der Waals surface area (Å²) in [7, 11) is 0. The van der Waals surface area contributed by atoms with Crippen LogP contribution in [0.3, 0.4) is 0 Å². The highest BCUT2D eigenvalue weighted by Crippen LogP contribution is 1.97. The van der Waals surface area contributed by atoms with Crippen LogP contribution in [0, 0.1) is 11.8 Å². The third-order valence-corrected chi connectivity index (χ3v) is 1.43. The lowest BCUT2D eigenvalue weighted by molar-refractivity contribution is 0.0466. The van der Waals surface area contributed by atoms with Gasteiger partial charge in [-0.25, -0.2) is 0 Å². The summed E-state index contributed by atoms with van der Waals surface area (Å²) in [4.78, 5) is 0. The number of hydrogen-bond acceptors (Lipinski definition) is 3. The molecule has 3 nitrogen and oxygen atoms in total. The van der Waals surface area contributed by atoms with Gasteiger partial charge < -0.3 is 14.9 Å². The summed E-state index contributed by atoms with van der Waals surface area (Å²) < 4.78 is 5.22. The number of rotatable bonds is 6. The van der Waals surface area contributed by atoms with E-state index in [9.17, 15) is 0 Å². The van der Waals surface area contributed by atoms with Gasteiger partial charge in [-0.3, -0.25) is 0 Å². The average molecular weight is 162 g/mol. The number of aliphatic hydroxyl groups is 2. The summed E-state index contributed by atoms with van der Waals surface area (Å²) in [6.07, 6.45) is 0. The van der Waals surface area contributed by atoms with Crippen molar-refractivity contribution in [3.05, 3.63) is 0 Å². The van der Waals surface area contributed by atoms with E-state index in [1.165, 1.54) is 0 Å². The molecule has 0 aliphatic carbocycles. The van der Waals surface area contributed by atoms with Gasteiger partial charge in [0.05, 0.1) is 13.2 Å². The van der Waals surface area contributed by atoms with Crippen molar-refractivity contribution in [2.75, 3.05) is 26.4 Å². The van der Waals surface area contributed by atoms with E-state index in [2.05, 4.69) is 0 Å². The van der Waals surface area contributed by atoms with Crippen LogP contribution >= 0.6 is 0 Å². The fraction of sp³-hybridized carbons (Fsp3) is 1.00. The molecule has 0 aliphatic heterocycles. The Morgan fingerprint density at radius 3 is 1.64 bits per heavy atom. The van der Waals surface area contributed by atoms with Crippen molar-refractivity contribution in [1.82, 2.24) is 0 Å². The highest BCUT2D eigenvalue weighted by atomic mass is 16.5. The predicted octanol–water partition coefficient (Wildman–Crippen LogP) is 0.260. The summed E-state index contributed by atoms with van der Waals surface area (Å²) in [6, 6.07) is 0. The molecule has 68 valence electrons. The Morgan fingerprint density at radius 2 is 1.36 bits per heavy atom. The van der Waals surface area contributed by atoms with Gasteiger partial charge in [0, 0.05) is 25.0 Å². The topological polar surface area (TPSA) is 49.7 Å². The maximum atomic E-state index is 8.63. The van der Waals surface area contributed by atoms with Crippen LogP contribution in [0.4, 0.5) is 0 Å². The van der Waals surface area contributed by atoms with Gasteiger partial charge in [0.2, 0.25) is 0 Å². The Hall–Kier alpha value is -0.120. The molecular weight excluding hydrogens is 144 g/mol. The first-order chi connectivity index (χ1) is 5.20. The third-order valence-electron chi connectivity index (χ3n) is 1.43. The number of ether oxygens (including phenoxy) is 1. The standard InChI is InChI=1S/C8H18O3/c1-7(3-9)5-11-6-8(2)4-10/h7-10H,3-6H2,1-2H3. The quantitative estimate of drug-likeness (QED) is 0.589. The molecule has 3 heteroatoms. The van der Waals surface area contributed by atoms with Crippen LogP contribution in [0.5, 0.6) is 0 Å². The fourth-order valence-corrected chi connectivity index (χ4v) is 0.576. The van der Waals surface area contributed by atoms with Gasteiger partial charge in [-0.05, 0) is 0 Å². The van der Waals surface area contributed by atoms with Gasteiger partial charge in [0.25, 0.3) is 0 Å². The zero-order valence-electron chi connectivity index (χ0n) is 7.29. The molecule has 0 aromatic carbocycles. The van der Waals surface area contributed by atoms with E-state index in [4.69, 9.17) is 14.9 Å². The van der Waals surface area contributed by atoms with Gasteiger partial charge in [-0.2, -0.15) is 0 Å². The smallest absolute Gasteiger partial charge is 0.0513 e. The van der Waals surface area contributed by atoms with Crippen LogP contribution in [-0.2, 0) is 4.74 Å². The number of aliphatic hydroxyl groups excluding tert-OH is 2. The van der Waals surface area contributed by atoms with Crippen molar-refractivity contribution >= 4 is 0 Å². The third kappa shape index (κ3) is 6.28. The normalized spacial score (nSPS) is 16.4. The molecule has 0 rings (SSSR count). The SMILES string of the molecule is CC(CO)COCC(C)CO. The second kappa shape index (κ2) is 6.58. The molecule has 0 heterocycles. The molecule has 0 aliphatic rings. The lowest BCUT2D eigenvalue weighted by Gasteiger charge is -2.11. The van der Waals surface area contributed by atoms with Gasteiger partial charge in [0.1, 0.15) is 0 Å². The van der Waals surface area contributed by atoms with Crippen molar-refractivity contribution in [1.29, 1.82) is 0 Å². The molecule has 0 fully saturated rings. The first kappa shape index (κ1) is 10.9. The second-order valence-corrected chi connectivity index (χ2v) is 3.11. The first-order valence-electron chi connectivity index (χ1n) is 4.00. The summed E-state index contributed by atoms with van der Waals surface area (Å²) in [5.74, 6) is 0.391. The minimum atomic E-state index is 0.160.